The molecule has 29 heavy (non-hydrogen) atoms. The van der Waals surface area contributed by atoms with E-state index < -0.39 is 0 Å². The van der Waals surface area contributed by atoms with Gasteiger partial charge in [-0.3, -0.25) is 9.58 Å². The van der Waals surface area contributed by atoms with Gasteiger partial charge in [-0.1, -0.05) is 83.1 Å². The summed E-state index contributed by atoms with van der Waals surface area (Å²) in [6.07, 6.45) is 1.04. The molecule has 4 heteroatoms. The lowest BCUT2D eigenvalue weighted by atomic mass is 10.00. The Morgan fingerprint density at radius 3 is 1.55 bits per heavy atom. The zero-order chi connectivity index (χ0) is 23.4. The highest BCUT2D eigenvalue weighted by Crippen LogP contribution is 2.23. The van der Waals surface area contributed by atoms with Crippen molar-refractivity contribution in [3.05, 3.63) is 17.0 Å². The highest BCUT2D eigenvalue weighted by Gasteiger charge is 2.18. The zero-order valence-corrected chi connectivity index (χ0v) is 22.5. The molecule has 0 bridgehead atoms. The lowest BCUT2D eigenvalue weighted by Crippen LogP contribution is -2.47. The third-order valence-corrected chi connectivity index (χ3v) is 4.78. The highest BCUT2D eigenvalue weighted by molar-refractivity contribution is 5.28. The fraction of sp³-hybridized carbons (Fsp3) is 0.880. The summed E-state index contributed by atoms with van der Waals surface area (Å²) in [5, 5.41) is 4.84. The van der Waals surface area contributed by atoms with E-state index in [1.165, 1.54) is 49.7 Å². The minimum Gasteiger partial charge on any atom is -0.301 e. The number of hydrogen-bond acceptors (Lipinski definition) is 3. The van der Waals surface area contributed by atoms with Crippen LogP contribution in [0, 0.1) is 6.92 Å². The van der Waals surface area contributed by atoms with Crippen LogP contribution in [-0.4, -0.2) is 58.8 Å². The van der Waals surface area contributed by atoms with Crippen LogP contribution in [0.5, 0.6) is 0 Å². The predicted octanol–water partition coefficient (Wildman–Crippen LogP) is 6.62. The lowest BCUT2D eigenvalue weighted by molar-refractivity contribution is 0.132. The first-order chi connectivity index (χ1) is 14.1. The maximum absolute atomic E-state index is 4.84. The molecule has 1 saturated heterocycles. The average molecular weight is 413 g/mol. The van der Waals surface area contributed by atoms with Crippen LogP contribution < -0.4 is 0 Å². The van der Waals surface area contributed by atoms with Crippen molar-refractivity contribution in [2.24, 2.45) is 0 Å². The molecule has 0 unspecified atom stereocenters. The van der Waals surface area contributed by atoms with E-state index in [0.29, 0.717) is 5.92 Å². The third kappa shape index (κ3) is 11.8. The summed E-state index contributed by atoms with van der Waals surface area (Å²) in [4.78, 5) is 5.11. The molecule has 0 aromatic carbocycles. The molecule has 0 aliphatic carbocycles. The number of aromatic nitrogens is 2. The van der Waals surface area contributed by atoms with Crippen molar-refractivity contribution < 1.29 is 0 Å². The summed E-state index contributed by atoms with van der Waals surface area (Å²) in [5.41, 5.74) is 4.13. The molecule has 1 aromatic heterocycles. The number of nitrogens with zero attached hydrogens (tertiary/aromatic N) is 4. The number of aryl methyl sites for hydroxylation is 1. The lowest BCUT2D eigenvalue weighted by Gasteiger charge is -2.34. The highest BCUT2D eigenvalue weighted by atomic mass is 15.3. The third-order valence-electron chi connectivity index (χ3n) is 4.78. The number of rotatable bonds is 6. The molecular formula is C25H56N4. The Hall–Kier alpha value is -0.870. The molecule has 0 amide bonds. The van der Waals surface area contributed by atoms with Gasteiger partial charge in [0.25, 0.3) is 0 Å². The van der Waals surface area contributed by atoms with Crippen LogP contribution in [0.3, 0.4) is 0 Å². The van der Waals surface area contributed by atoms with E-state index in [9.17, 15) is 0 Å². The van der Waals surface area contributed by atoms with Gasteiger partial charge in [0, 0.05) is 38.4 Å². The molecule has 2 rings (SSSR count). The largest absolute Gasteiger partial charge is 0.301 e. The smallest absolute Gasteiger partial charge is 0.0659 e. The van der Waals surface area contributed by atoms with Crippen LogP contribution >= 0.6 is 0 Å². The van der Waals surface area contributed by atoms with Crippen molar-refractivity contribution in [1.82, 2.24) is 19.6 Å². The summed E-state index contributed by atoms with van der Waals surface area (Å²) in [6, 6.07) is 0. The molecule has 1 aliphatic rings. The molecule has 2 heterocycles. The second kappa shape index (κ2) is 21.8. The number of likely N-dealkylation sites (N-methyl/N-ethyl adjacent to an activating group) is 1. The van der Waals surface area contributed by atoms with Gasteiger partial charge >= 0.3 is 0 Å². The first-order valence-corrected chi connectivity index (χ1v) is 12.6. The zero-order valence-electron chi connectivity index (χ0n) is 22.5. The minimum absolute atomic E-state index is 0.571. The first-order valence-electron chi connectivity index (χ1n) is 12.6. The summed E-state index contributed by atoms with van der Waals surface area (Å²) < 4.78 is 2.24. The summed E-state index contributed by atoms with van der Waals surface area (Å²) in [7, 11) is 0. The van der Waals surface area contributed by atoms with Crippen LogP contribution in [-0.2, 0) is 13.0 Å². The normalized spacial score (nSPS) is 13.7. The summed E-state index contributed by atoms with van der Waals surface area (Å²) >= 11 is 0. The minimum atomic E-state index is 0.571. The van der Waals surface area contributed by atoms with Crippen molar-refractivity contribution in [1.29, 1.82) is 0 Å². The quantitative estimate of drug-likeness (QED) is 0.524. The molecule has 4 nitrogen and oxygen atoms in total. The Morgan fingerprint density at radius 1 is 0.759 bits per heavy atom. The molecular weight excluding hydrogens is 356 g/mol. The van der Waals surface area contributed by atoms with Crippen molar-refractivity contribution >= 4 is 0 Å². The van der Waals surface area contributed by atoms with Gasteiger partial charge in [-0.05, 0) is 31.4 Å². The predicted molar refractivity (Wildman–Crippen MR) is 134 cm³/mol. The van der Waals surface area contributed by atoms with Gasteiger partial charge in [-0.2, -0.15) is 5.10 Å². The number of hydrogen-bond donors (Lipinski definition) is 0. The van der Waals surface area contributed by atoms with Crippen molar-refractivity contribution in [3.63, 3.8) is 0 Å². The first kappa shape index (κ1) is 32.8. The Morgan fingerprint density at radius 2 is 1.21 bits per heavy atom. The average Bonchev–Trinajstić information content (AvgIpc) is 3.13. The molecule has 0 spiro atoms. The van der Waals surface area contributed by atoms with Gasteiger partial charge in [-0.25, -0.2) is 0 Å². The Balaban J connectivity index is -0.000000754. The van der Waals surface area contributed by atoms with Crippen LogP contribution in [0.4, 0.5) is 0 Å². The molecule has 176 valence electrons. The van der Waals surface area contributed by atoms with Gasteiger partial charge in [-0.15, -0.1) is 0 Å². The van der Waals surface area contributed by atoms with Gasteiger partial charge < -0.3 is 4.90 Å². The van der Waals surface area contributed by atoms with Gasteiger partial charge in [0.1, 0.15) is 0 Å². The Labute approximate surface area is 185 Å². The molecule has 0 N–H and O–H groups in total. The van der Waals surface area contributed by atoms with Gasteiger partial charge in [0.2, 0.25) is 0 Å². The van der Waals surface area contributed by atoms with Crippen LogP contribution in [0.25, 0.3) is 0 Å². The van der Waals surface area contributed by atoms with Gasteiger partial charge in [0.05, 0.1) is 12.2 Å². The fourth-order valence-corrected chi connectivity index (χ4v) is 3.42. The molecule has 0 atom stereocenters. The van der Waals surface area contributed by atoms with E-state index in [1.54, 1.807) is 0 Å². The molecule has 1 aliphatic heterocycles. The topological polar surface area (TPSA) is 24.3 Å². The second-order valence-corrected chi connectivity index (χ2v) is 6.45. The van der Waals surface area contributed by atoms with Crippen molar-refractivity contribution in [2.45, 2.75) is 109 Å². The SMILES string of the molecule is CC.CC.CC.CC.CCc1nn(CCN2CCN(CC)CC2)c(C)c1C(C)C. The summed E-state index contributed by atoms with van der Waals surface area (Å²) in [5.74, 6) is 0.571. The van der Waals surface area contributed by atoms with E-state index in [0.717, 1.165) is 19.5 Å². The van der Waals surface area contributed by atoms with Crippen molar-refractivity contribution in [2.75, 3.05) is 39.3 Å². The standard InChI is InChI=1S/C17H32N4.4C2H6/c1-6-16-17(14(3)4)15(5)21(18-16)13-12-20-10-8-19(7-2)9-11-20;4*1-2/h14H,6-13H2,1-5H3;4*1-2H3. The van der Waals surface area contributed by atoms with E-state index >= 15 is 0 Å². The molecule has 0 saturated carbocycles. The second-order valence-electron chi connectivity index (χ2n) is 6.45. The molecule has 1 fully saturated rings. The van der Waals surface area contributed by atoms with E-state index in [-0.39, 0.29) is 0 Å². The van der Waals surface area contributed by atoms with E-state index in [2.05, 4.69) is 49.1 Å². The van der Waals surface area contributed by atoms with Crippen molar-refractivity contribution in [3.8, 4) is 0 Å². The molecule has 1 aromatic rings. The number of piperazine rings is 1. The van der Waals surface area contributed by atoms with Gasteiger partial charge in [0.15, 0.2) is 0 Å². The Bertz CT molecular complexity index is 444. The van der Waals surface area contributed by atoms with Crippen LogP contribution in [0.15, 0.2) is 0 Å². The monoisotopic (exact) mass is 412 g/mol. The van der Waals surface area contributed by atoms with Crippen LogP contribution in [0.1, 0.15) is 106 Å². The summed E-state index contributed by atoms with van der Waals surface area (Å²) in [6.45, 7) is 35.4. The van der Waals surface area contributed by atoms with E-state index in [4.69, 9.17) is 5.10 Å². The van der Waals surface area contributed by atoms with Crippen LogP contribution in [0.2, 0.25) is 0 Å². The fourth-order valence-electron chi connectivity index (χ4n) is 3.42. The Kier molecular flexibility index (Phi) is 24.7. The molecule has 0 radical (unpaired) electrons. The van der Waals surface area contributed by atoms with E-state index in [1.807, 2.05) is 55.4 Å². The maximum Gasteiger partial charge on any atom is 0.0659 e. The maximum atomic E-state index is 4.84.